The first kappa shape index (κ1) is 24.8. The van der Waals surface area contributed by atoms with Crippen LogP contribution < -0.4 is 0 Å². The highest BCUT2D eigenvalue weighted by atomic mass is 35.5. The average molecular weight is 443 g/mol. The van der Waals surface area contributed by atoms with Crippen molar-refractivity contribution in [1.82, 2.24) is 4.90 Å². The molecule has 0 bridgehead atoms. The Labute approximate surface area is 184 Å². The van der Waals surface area contributed by atoms with Crippen LogP contribution in [0.25, 0.3) is 0 Å². The zero-order valence-electron chi connectivity index (χ0n) is 18.3. The van der Waals surface area contributed by atoms with E-state index in [4.69, 9.17) is 17.0 Å². The van der Waals surface area contributed by atoms with E-state index in [2.05, 4.69) is 26.5 Å². The third kappa shape index (κ3) is 6.50. The molecule has 0 saturated heterocycles. The normalized spacial score (nSPS) is 21.8. The summed E-state index contributed by atoms with van der Waals surface area (Å²) in [5.41, 5.74) is 1.71. The Bertz CT molecular complexity index is 740. The minimum atomic E-state index is -4.48. The fraction of sp³-hybridized carbons (Fsp3) is 0.625. The molecule has 0 amide bonds. The summed E-state index contributed by atoms with van der Waals surface area (Å²) in [6, 6.07) is 0. The van der Waals surface area contributed by atoms with Crippen molar-refractivity contribution in [1.29, 1.82) is 5.41 Å². The first-order chi connectivity index (χ1) is 14.0. The molecule has 168 valence electrons. The van der Waals surface area contributed by atoms with Crippen LogP contribution in [0.1, 0.15) is 65.7 Å². The molecule has 6 heteroatoms. The van der Waals surface area contributed by atoms with Crippen molar-refractivity contribution in [2.24, 2.45) is 11.8 Å². The molecule has 1 atom stereocenters. The van der Waals surface area contributed by atoms with E-state index in [-0.39, 0.29) is 11.3 Å². The Morgan fingerprint density at radius 2 is 1.93 bits per heavy atom. The fourth-order valence-electron chi connectivity index (χ4n) is 4.55. The minimum Gasteiger partial charge on any atom is -0.371 e. The van der Waals surface area contributed by atoms with E-state index < -0.39 is 11.7 Å². The number of rotatable bonds is 8. The Morgan fingerprint density at radius 3 is 2.47 bits per heavy atom. The van der Waals surface area contributed by atoms with Gasteiger partial charge in [0.2, 0.25) is 0 Å². The molecule has 1 unspecified atom stereocenters. The van der Waals surface area contributed by atoms with Gasteiger partial charge < -0.3 is 10.3 Å². The van der Waals surface area contributed by atoms with E-state index in [1.54, 1.807) is 0 Å². The summed E-state index contributed by atoms with van der Waals surface area (Å²) in [6.07, 6.45) is 5.71. The molecule has 0 aromatic carbocycles. The van der Waals surface area contributed by atoms with Crippen LogP contribution in [0.15, 0.2) is 45.7 Å². The molecule has 0 spiro atoms. The van der Waals surface area contributed by atoms with Crippen molar-refractivity contribution in [3.05, 3.63) is 45.7 Å². The zero-order chi connectivity index (χ0) is 22.5. The molecule has 0 aromatic rings. The lowest BCUT2D eigenvalue weighted by Gasteiger charge is -2.34. The Kier molecular flexibility index (Phi) is 8.84. The number of nitrogens with zero attached hydrogens (tertiary/aromatic N) is 1. The molecule has 2 aliphatic rings. The van der Waals surface area contributed by atoms with Crippen LogP contribution in [-0.2, 0) is 0 Å². The van der Waals surface area contributed by atoms with E-state index in [9.17, 15) is 13.2 Å². The second kappa shape index (κ2) is 10.7. The molecular weight excluding hydrogens is 409 g/mol. The quantitative estimate of drug-likeness (QED) is 0.301. The lowest BCUT2D eigenvalue weighted by Crippen LogP contribution is -2.33. The number of allylic oxidation sites excluding steroid dienone is 5. The van der Waals surface area contributed by atoms with Gasteiger partial charge in [0.15, 0.2) is 0 Å². The van der Waals surface area contributed by atoms with Crippen molar-refractivity contribution < 1.29 is 13.2 Å². The summed E-state index contributed by atoms with van der Waals surface area (Å²) in [6.45, 7) is 10.4. The van der Waals surface area contributed by atoms with Crippen molar-refractivity contribution in [2.75, 3.05) is 13.1 Å². The van der Waals surface area contributed by atoms with E-state index in [1.807, 2.05) is 4.90 Å². The van der Waals surface area contributed by atoms with Crippen molar-refractivity contribution in [3.63, 3.8) is 0 Å². The van der Waals surface area contributed by atoms with Gasteiger partial charge in [-0.3, -0.25) is 0 Å². The largest absolute Gasteiger partial charge is 0.413 e. The van der Waals surface area contributed by atoms with Crippen LogP contribution in [0, 0.1) is 17.2 Å². The maximum atomic E-state index is 13.3. The molecule has 30 heavy (non-hydrogen) atoms. The molecule has 1 N–H and O–H groups in total. The van der Waals surface area contributed by atoms with Gasteiger partial charge in [0, 0.05) is 41.2 Å². The summed E-state index contributed by atoms with van der Waals surface area (Å²) >= 11 is 6.50. The number of hydrogen-bond acceptors (Lipinski definition) is 2. The average Bonchev–Trinajstić information content (AvgIpc) is 2.66. The molecular formula is C24H34ClF3N2. The predicted octanol–water partition coefficient (Wildman–Crippen LogP) is 7.78. The molecule has 0 aromatic heterocycles. The van der Waals surface area contributed by atoms with Gasteiger partial charge in [-0.1, -0.05) is 56.0 Å². The zero-order valence-corrected chi connectivity index (χ0v) is 19.1. The van der Waals surface area contributed by atoms with Gasteiger partial charge in [-0.25, -0.2) is 0 Å². The van der Waals surface area contributed by atoms with Crippen LogP contribution in [0.5, 0.6) is 0 Å². The van der Waals surface area contributed by atoms with E-state index in [0.717, 1.165) is 55.8 Å². The van der Waals surface area contributed by atoms with Gasteiger partial charge in [0.05, 0.1) is 0 Å². The van der Waals surface area contributed by atoms with Crippen molar-refractivity contribution in [3.8, 4) is 0 Å². The highest BCUT2D eigenvalue weighted by molar-refractivity contribution is 6.32. The molecule has 2 aliphatic carbocycles. The van der Waals surface area contributed by atoms with E-state index >= 15 is 0 Å². The first-order valence-corrected chi connectivity index (χ1v) is 11.2. The molecule has 2 rings (SSSR count). The van der Waals surface area contributed by atoms with Gasteiger partial charge >= 0.3 is 6.18 Å². The van der Waals surface area contributed by atoms with Gasteiger partial charge in [-0.05, 0) is 56.9 Å². The molecule has 2 nitrogen and oxygen atoms in total. The van der Waals surface area contributed by atoms with Crippen LogP contribution in [0.3, 0.4) is 0 Å². The Hall–Kier alpha value is -1.49. The smallest absolute Gasteiger partial charge is 0.371 e. The number of hydrogen-bond donors (Lipinski definition) is 1. The van der Waals surface area contributed by atoms with E-state index in [1.165, 1.54) is 12.0 Å². The van der Waals surface area contributed by atoms with Gasteiger partial charge in [0.25, 0.3) is 0 Å². The summed E-state index contributed by atoms with van der Waals surface area (Å²) in [5, 5.41) is 8.37. The number of halogens is 4. The van der Waals surface area contributed by atoms with Crippen LogP contribution >= 0.6 is 11.6 Å². The summed E-state index contributed by atoms with van der Waals surface area (Å²) in [5.74, 6) is 0.845. The Morgan fingerprint density at radius 1 is 1.30 bits per heavy atom. The summed E-state index contributed by atoms with van der Waals surface area (Å²) in [4.78, 5) is 1.95. The number of alkyl halides is 3. The second-order valence-electron chi connectivity index (χ2n) is 8.78. The lowest BCUT2D eigenvalue weighted by molar-refractivity contribution is -0.0918. The molecule has 0 aliphatic heterocycles. The maximum absolute atomic E-state index is 13.3. The van der Waals surface area contributed by atoms with Crippen molar-refractivity contribution in [2.45, 2.75) is 71.9 Å². The maximum Gasteiger partial charge on any atom is 0.413 e. The SMILES string of the molecule is C=C(/C(C=N)=C(/C)C(F)(F)F)N(CCC1=C(C)CC(C)C=C1Cl)CC1CCCCC1. The standard InChI is InChI=1S/C24H34ClF3N2/c1-16-12-17(2)21(23(25)13-16)10-11-30(15-20-8-6-5-7-9-20)19(4)22(14-29)18(3)24(26,27)28/h13-14,16,20,29H,4-12,15H2,1-3H3/b22-18-,29-14?. The minimum absolute atomic E-state index is 0.136. The monoisotopic (exact) mass is 442 g/mol. The van der Waals surface area contributed by atoms with Crippen molar-refractivity contribution >= 4 is 17.8 Å². The van der Waals surface area contributed by atoms with Gasteiger partial charge in [-0.2, -0.15) is 13.2 Å². The summed E-state index contributed by atoms with van der Waals surface area (Å²) < 4.78 is 40.0. The van der Waals surface area contributed by atoms with Gasteiger partial charge in [-0.15, -0.1) is 0 Å². The van der Waals surface area contributed by atoms with E-state index in [0.29, 0.717) is 31.3 Å². The van der Waals surface area contributed by atoms with Crippen LogP contribution in [0.4, 0.5) is 13.2 Å². The molecule has 1 fully saturated rings. The van der Waals surface area contributed by atoms with Gasteiger partial charge in [0.1, 0.15) is 0 Å². The third-order valence-corrected chi connectivity index (χ3v) is 6.72. The molecule has 0 radical (unpaired) electrons. The van der Waals surface area contributed by atoms with Crippen LogP contribution in [-0.4, -0.2) is 30.4 Å². The highest BCUT2D eigenvalue weighted by Gasteiger charge is 2.34. The topological polar surface area (TPSA) is 27.1 Å². The fourth-order valence-corrected chi connectivity index (χ4v) is 5.02. The predicted molar refractivity (Wildman–Crippen MR) is 120 cm³/mol. The highest BCUT2D eigenvalue weighted by Crippen LogP contribution is 2.35. The lowest BCUT2D eigenvalue weighted by atomic mass is 9.88. The van der Waals surface area contributed by atoms with Crippen LogP contribution in [0.2, 0.25) is 0 Å². The third-order valence-electron chi connectivity index (χ3n) is 6.36. The molecule has 1 saturated carbocycles. The second-order valence-corrected chi connectivity index (χ2v) is 9.19. The Balaban J connectivity index is 2.26. The molecule has 0 heterocycles. The summed E-state index contributed by atoms with van der Waals surface area (Å²) in [7, 11) is 0. The first-order valence-electron chi connectivity index (χ1n) is 10.8. The number of nitrogens with one attached hydrogen (secondary N) is 1.